The molecule has 0 spiro atoms. The van der Waals surface area contributed by atoms with Crippen molar-refractivity contribution in [3.8, 4) is 5.69 Å². The van der Waals surface area contributed by atoms with E-state index in [2.05, 4.69) is 15.4 Å². The van der Waals surface area contributed by atoms with Crippen LogP contribution in [0, 0.1) is 18.2 Å². The third-order valence-electron chi connectivity index (χ3n) is 4.81. The topological polar surface area (TPSA) is 80.0 Å². The Morgan fingerprint density at radius 3 is 2.68 bits per heavy atom. The highest BCUT2D eigenvalue weighted by atomic mass is 35.5. The lowest BCUT2D eigenvalue weighted by Crippen LogP contribution is -2.44. The van der Waals surface area contributed by atoms with Crippen molar-refractivity contribution in [3.05, 3.63) is 64.8 Å². The van der Waals surface area contributed by atoms with E-state index in [9.17, 15) is 14.3 Å². The molecule has 3 rings (SSSR count). The Morgan fingerprint density at radius 2 is 2.06 bits per heavy atom. The van der Waals surface area contributed by atoms with Crippen LogP contribution in [0.5, 0.6) is 0 Å². The fourth-order valence-electron chi connectivity index (χ4n) is 3.03. The molecule has 0 saturated carbocycles. The van der Waals surface area contributed by atoms with Crippen LogP contribution in [0.2, 0.25) is 5.15 Å². The number of aromatic nitrogens is 3. The molecule has 31 heavy (non-hydrogen) atoms. The molecular weight excluding hydrogens is 439 g/mol. The minimum Gasteiger partial charge on any atom is -0.465 e. The molecule has 6 nitrogen and oxygen atoms in total. The summed E-state index contributed by atoms with van der Waals surface area (Å²) >= 11 is 7.26. The molecule has 0 bridgehead atoms. The number of hydrogen-bond donors (Lipinski definition) is 2. The Morgan fingerprint density at radius 1 is 1.32 bits per heavy atom. The van der Waals surface area contributed by atoms with Gasteiger partial charge in [-0.25, -0.2) is 18.9 Å². The molecule has 0 fully saturated rings. The fourth-order valence-corrected chi connectivity index (χ4v) is 4.04. The number of rotatable bonds is 6. The van der Waals surface area contributed by atoms with E-state index in [1.807, 2.05) is 32.9 Å². The van der Waals surface area contributed by atoms with Crippen molar-refractivity contribution in [1.29, 1.82) is 0 Å². The lowest BCUT2D eigenvalue weighted by molar-refractivity contribution is 0.174. The molecule has 0 aliphatic rings. The van der Waals surface area contributed by atoms with E-state index in [-0.39, 0.29) is 17.3 Å². The maximum Gasteiger partial charge on any atom is 0.404 e. The summed E-state index contributed by atoms with van der Waals surface area (Å²) in [5, 5.41) is 17.5. The number of carboxylic acid groups (broad SMARTS) is 1. The second-order valence-electron chi connectivity index (χ2n) is 8.28. The van der Waals surface area contributed by atoms with Crippen LogP contribution < -0.4 is 5.32 Å². The van der Waals surface area contributed by atoms with Gasteiger partial charge in [-0.05, 0) is 42.2 Å². The van der Waals surface area contributed by atoms with E-state index in [1.165, 1.54) is 11.8 Å². The zero-order chi connectivity index (χ0) is 22.8. The lowest BCUT2D eigenvalue weighted by Gasteiger charge is -2.29. The second kappa shape index (κ2) is 9.28. The van der Waals surface area contributed by atoms with Gasteiger partial charge in [-0.15, -0.1) is 0 Å². The normalized spacial score (nSPS) is 12.6. The van der Waals surface area contributed by atoms with E-state index in [0.29, 0.717) is 33.5 Å². The Hall–Kier alpha value is -2.58. The third-order valence-corrected chi connectivity index (χ3v) is 6.01. The number of halogens is 2. The van der Waals surface area contributed by atoms with Gasteiger partial charge < -0.3 is 10.4 Å². The Kier molecular flexibility index (Phi) is 6.91. The van der Waals surface area contributed by atoms with Crippen LogP contribution in [0.1, 0.15) is 32.0 Å². The van der Waals surface area contributed by atoms with Crippen LogP contribution >= 0.6 is 23.4 Å². The average molecular weight is 463 g/mol. The summed E-state index contributed by atoms with van der Waals surface area (Å²) in [6, 6.07) is 10.1. The minimum atomic E-state index is -1.09. The van der Waals surface area contributed by atoms with E-state index >= 15 is 0 Å². The molecule has 3 aromatic rings. The standard InChI is InChI=1S/C22H24ClFN4O2S/c1-13-6-5-7-16(20(13)24)28-19(31-15-8-9-18(23)25-12-15)11-14(27-28)10-17(22(2,3)4)26-21(29)30/h5-9,11-12,17,26H,10H2,1-4H3,(H,29,30). The molecular formula is C22H24ClFN4O2S. The van der Waals surface area contributed by atoms with E-state index in [1.54, 1.807) is 42.1 Å². The maximum absolute atomic E-state index is 14.9. The molecule has 0 radical (unpaired) electrons. The van der Waals surface area contributed by atoms with Gasteiger partial charge in [0.25, 0.3) is 0 Å². The minimum absolute atomic E-state index is 0.328. The van der Waals surface area contributed by atoms with Crippen molar-refractivity contribution in [3.63, 3.8) is 0 Å². The Labute approximate surface area is 189 Å². The largest absolute Gasteiger partial charge is 0.465 e. The van der Waals surface area contributed by atoms with Crippen molar-refractivity contribution >= 4 is 29.5 Å². The molecule has 0 aliphatic carbocycles. The van der Waals surface area contributed by atoms with Gasteiger partial charge >= 0.3 is 6.09 Å². The highest BCUT2D eigenvalue weighted by molar-refractivity contribution is 7.99. The number of pyridine rings is 1. The van der Waals surface area contributed by atoms with Crippen molar-refractivity contribution < 1.29 is 14.3 Å². The van der Waals surface area contributed by atoms with E-state index in [4.69, 9.17) is 11.6 Å². The quantitative estimate of drug-likeness (QED) is 0.456. The lowest BCUT2D eigenvalue weighted by atomic mass is 9.84. The molecule has 164 valence electrons. The first-order valence-electron chi connectivity index (χ1n) is 9.68. The summed E-state index contributed by atoms with van der Waals surface area (Å²) in [5.74, 6) is -0.357. The highest BCUT2D eigenvalue weighted by Crippen LogP contribution is 2.32. The Bertz CT molecular complexity index is 1080. The summed E-state index contributed by atoms with van der Waals surface area (Å²) in [7, 11) is 0. The summed E-state index contributed by atoms with van der Waals surface area (Å²) in [5.41, 5.74) is 1.16. The molecule has 2 heterocycles. The zero-order valence-electron chi connectivity index (χ0n) is 17.7. The molecule has 0 aliphatic heterocycles. The van der Waals surface area contributed by atoms with Gasteiger partial charge in [0, 0.05) is 23.6 Å². The van der Waals surface area contributed by atoms with Crippen LogP contribution in [0.25, 0.3) is 5.69 Å². The number of amides is 1. The van der Waals surface area contributed by atoms with E-state index in [0.717, 1.165) is 4.90 Å². The fraction of sp³-hybridized carbons (Fsp3) is 0.318. The van der Waals surface area contributed by atoms with Crippen LogP contribution in [0.15, 0.2) is 52.5 Å². The van der Waals surface area contributed by atoms with Gasteiger partial charge in [0.05, 0.1) is 5.69 Å². The van der Waals surface area contributed by atoms with Gasteiger partial charge in [-0.2, -0.15) is 5.10 Å². The number of hydrogen-bond acceptors (Lipinski definition) is 4. The smallest absolute Gasteiger partial charge is 0.404 e. The first-order chi connectivity index (χ1) is 14.5. The SMILES string of the molecule is Cc1cccc(-n2nc(CC(NC(=O)O)C(C)(C)C)cc2Sc2ccc(Cl)nc2)c1F. The summed E-state index contributed by atoms with van der Waals surface area (Å²) in [4.78, 5) is 16.2. The summed E-state index contributed by atoms with van der Waals surface area (Å²) in [6.07, 6.45) is 0.911. The van der Waals surface area contributed by atoms with Crippen LogP contribution in [-0.2, 0) is 6.42 Å². The monoisotopic (exact) mass is 462 g/mol. The molecule has 1 atom stereocenters. The van der Waals surface area contributed by atoms with Crippen molar-refractivity contribution in [2.45, 2.75) is 50.1 Å². The number of nitrogens with zero attached hydrogens (tertiary/aromatic N) is 3. The van der Waals surface area contributed by atoms with Gasteiger partial charge in [-0.3, -0.25) is 0 Å². The zero-order valence-corrected chi connectivity index (χ0v) is 19.3. The third kappa shape index (κ3) is 5.77. The summed E-state index contributed by atoms with van der Waals surface area (Å²) in [6.45, 7) is 7.57. The van der Waals surface area contributed by atoms with Crippen molar-refractivity contribution in [1.82, 2.24) is 20.1 Å². The highest BCUT2D eigenvalue weighted by Gasteiger charge is 2.28. The summed E-state index contributed by atoms with van der Waals surface area (Å²) < 4.78 is 16.5. The predicted octanol–water partition coefficient (Wildman–Crippen LogP) is 5.74. The van der Waals surface area contributed by atoms with Gasteiger partial charge in [0.1, 0.15) is 15.9 Å². The molecule has 1 unspecified atom stereocenters. The molecule has 2 aromatic heterocycles. The number of nitrogens with one attached hydrogen (secondary N) is 1. The molecule has 1 aromatic carbocycles. The van der Waals surface area contributed by atoms with Crippen molar-refractivity contribution in [2.24, 2.45) is 5.41 Å². The predicted molar refractivity (Wildman–Crippen MR) is 120 cm³/mol. The van der Waals surface area contributed by atoms with Crippen molar-refractivity contribution in [2.75, 3.05) is 0 Å². The van der Waals surface area contributed by atoms with Crippen LogP contribution in [0.3, 0.4) is 0 Å². The maximum atomic E-state index is 14.9. The average Bonchev–Trinajstić information content (AvgIpc) is 3.06. The molecule has 9 heteroatoms. The number of benzene rings is 1. The van der Waals surface area contributed by atoms with Gasteiger partial charge in [0.2, 0.25) is 0 Å². The van der Waals surface area contributed by atoms with E-state index < -0.39 is 6.09 Å². The Balaban J connectivity index is 2.03. The van der Waals surface area contributed by atoms with Gasteiger partial charge in [0.15, 0.2) is 5.82 Å². The second-order valence-corrected chi connectivity index (χ2v) is 9.77. The first-order valence-corrected chi connectivity index (χ1v) is 10.9. The molecule has 2 N–H and O–H groups in total. The molecule has 0 saturated heterocycles. The van der Waals surface area contributed by atoms with Crippen LogP contribution in [0.4, 0.5) is 9.18 Å². The number of carbonyl (C=O) groups is 1. The first kappa shape index (κ1) is 23.1. The number of aryl methyl sites for hydroxylation is 1. The molecule has 1 amide bonds. The van der Waals surface area contributed by atoms with Crippen LogP contribution in [-0.4, -0.2) is 32.0 Å². The van der Waals surface area contributed by atoms with Gasteiger partial charge in [-0.1, -0.05) is 56.3 Å².